The normalized spacial score (nSPS) is 12.9. The van der Waals surface area contributed by atoms with Crippen molar-refractivity contribution >= 4 is 45.4 Å². The van der Waals surface area contributed by atoms with Crippen LogP contribution in [0.1, 0.15) is 38.0 Å². The molecule has 0 spiro atoms. The minimum absolute atomic E-state index is 0.0824. The van der Waals surface area contributed by atoms with Gasteiger partial charge in [0.1, 0.15) is 17.9 Å². The molecule has 0 fully saturated rings. The van der Waals surface area contributed by atoms with Gasteiger partial charge in [0.05, 0.1) is 23.9 Å². The van der Waals surface area contributed by atoms with E-state index in [2.05, 4.69) is 26.3 Å². The minimum Gasteiger partial charge on any atom is -0.462 e. The Morgan fingerprint density at radius 3 is 2.63 bits per heavy atom. The van der Waals surface area contributed by atoms with Gasteiger partial charge in [0.2, 0.25) is 5.91 Å². The number of rotatable bonds is 5. The number of esters is 1. The molecule has 1 aromatic heterocycles. The van der Waals surface area contributed by atoms with Gasteiger partial charge in [-0.15, -0.1) is 0 Å². The number of aromatic nitrogens is 2. The molecule has 9 nitrogen and oxygen atoms in total. The number of anilines is 1. The molecule has 140 valence electrons. The van der Waals surface area contributed by atoms with Crippen LogP contribution >= 0.6 is 15.9 Å². The Balaban J connectivity index is 1.76. The van der Waals surface area contributed by atoms with Crippen molar-refractivity contribution in [1.29, 1.82) is 0 Å². The van der Waals surface area contributed by atoms with Crippen LogP contribution < -0.4 is 5.32 Å². The maximum atomic E-state index is 12.4. The second kappa shape index (κ2) is 7.31. The summed E-state index contributed by atoms with van der Waals surface area (Å²) >= 11 is 3.25. The average Bonchev–Trinajstić information content (AvgIpc) is 3.09. The predicted molar refractivity (Wildman–Crippen MR) is 97.3 cm³/mol. The van der Waals surface area contributed by atoms with Crippen LogP contribution in [-0.2, 0) is 16.6 Å². The highest BCUT2D eigenvalue weighted by Crippen LogP contribution is 2.26. The fraction of sp³-hybridized carbons (Fsp3) is 0.235. The molecule has 1 aliphatic rings. The summed E-state index contributed by atoms with van der Waals surface area (Å²) < 4.78 is 6.87. The summed E-state index contributed by atoms with van der Waals surface area (Å²) in [5.41, 5.74) is 0.553. The number of nitrogens with one attached hydrogen (secondary N) is 1. The summed E-state index contributed by atoms with van der Waals surface area (Å²) in [6.45, 7) is 1.34. The van der Waals surface area contributed by atoms with Gasteiger partial charge in [-0.3, -0.25) is 24.0 Å². The van der Waals surface area contributed by atoms with E-state index in [1.54, 1.807) is 13.0 Å². The molecule has 0 unspecified atom stereocenters. The number of halogens is 1. The molecule has 0 saturated heterocycles. The van der Waals surface area contributed by atoms with E-state index in [0.29, 0.717) is 4.47 Å². The molecule has 27 heavy (non-hydrogen) atoms. The monoisotopic (exact) mass is 434 g/mol. The first-order valence-corrected chi connectivity index (χ1v) is 8.77. The summed E-state index contributed by atoms with van der Waals surface area (Å²) in [7, 11) is 1.54. The fourth-order valence-electron chi connectivity index (χ4n) is 2.67. The van der Waals surface area contributed by atoms with Crippen molar-refractivity contribution in [2.24, 2.45) is 7.05 Å². The molecule has 2 aromatic rings. The van der Waals surface area contributed by atoms with Crippen LogP contribution in [0.2, 0.25) is 0 Å². The van der Waals surface area contributed by atoms with Gasteiger partial charge in [-0.25, -0.2) is 4.79 Å². The van der Waals surface area contributed by atoms with Crippen molar-refractivity contribution in [3.05, 3.63) is 45.6 Å². The Hall–Kier alpha value is -3.01. The van der Waals surface area contributed by atoms with Gasteiger partial charge < -0.3 is 10.1 Å². The summed E-state index contributed by atoms with van der Waals surface area (Å²) in [5.74, 6) is -2.25. The minimum atomic E-state index is -0.641. The van der Waals surface area contributed by atoms with Gasteiger partial charge in [0, 0.05) is 11.5 Å². The zero-order valence-electron chi connectivity index (χ0n) is 14.5. The Bertz CT molecular complexity index is 968. The first-order valence-electron chi connectivity index (χ1n) is 7.98. The number of aryl methyl sites for hydroxylation is 1. The molecular weight excluding hydrogens is 420 g/mol. The van der Waals surface area contributed by atoms with E-state index in [1.807, 2.05) is 0 Å². The van der Waals surface area contributed by atoms with Crippen molar-refractivity contribution in [3.63, 3.8) is 0 Å². The van der Waals surface area contributed by atoms with Crippen LogP contribution in [0.4, 0.5) is 5.82 Å². The van der Waals surface area contributed by atoms with E-state index in [4.69, 9.17) is 4.74 Å². The largest absolute Gasteiger partial charge is 0.462 e. The van der Waals surface area contributed by atoms with E-state index in [9.17, 15) is 19.2 Å². The summed E-state index contributed by atoms with van der Waals surface area (Å²) in [6.07, 6.45) is 1.27. The van der Waals surface area contributed by atoms with Crippen LogP contribution in [-0.4, -0.2) is 51.5 Å². The van der Waals surface area contributed by atoms with Crippen LogP contribution in [0, 0.1) is 0 Å². The maximum absolute atomic E-state index is 12.4. The molecule has 3 rings (SSSR count). The highest BCUT2D eigenvalue weighted by atomic mass is 79.9. The SMILES string of the molecule is CCOC(=O)c1cnn(C)c1NC(=O)CN1C(=O)c2ccc(Br)cc2C1=O. The lowest BCUT2D eigenvalue weighted by molar-refractivity contribution is -0.116. The molecule has 3 amide bonds. The summed E-state index contributed by atoms with van der Waals surface area (Å²) in [6, 6.07) is 4.71. The molecule has 1 aromatic carbocycles. The molecule has 0 atom stereocenters. The average molecular weight is 435 g/mol. The number of nitrogens with zero attached hydrogens (tertiary/aromatic N) is 3. The van der Waals surface area contributed by atoms with E-state index < -0.39 is 30.2 Å². The zero-order valence-corrected chi connectivity index (χ0v) is 16.1. The van der Waals surface area contributed by atoms with E-state index >= 15 is 0 Å². The number of imide groups is 1. The number of carbonyl (C=O) groups excluding carboxylic acids is 4. The zero-order chi connectivity index (χ0) is 19.7. The van der Waals surface area contributed by atoms with Crippen molar-refractivity contribution in [2.75, 3.05) is 18.5 Å². The van der Waals surface area contributed by atoms with Crippen molar-refractivity contribution in [1.82, 2.24) is 14.7 Å². The Morgan fingerprint density at radius 2 is 1.93 bits per heavy atom. The first kappa shape index (κ1) is 18.8. The van der Waals surface area contributed by atoms with Crippen LogP contribution in [0.15, 0.2) is 28.9 Å². The van der Waals surface area contributed by atoms with Gasteiger partial charge in [-0.05, 0) is 25.1 Å². The number of hydrogen-bond donors (Lipinski definition) is 1. The van der Waals surface area contributed by atoms with Gasteiger partial charge in [0.15, 0.2) is 0 Å². The lowest BCUT2D eigenvalue weighted by Crippen LogP contribution is -2.37. The molecular formula is C17H15BrN4O5. The number of fused-ring (bicyclic) bond motifs is 1. The molecule has 2 heterocycles. The second-order valence-corrected chi connectivity index (χ2v) is 6.60. The predicted octanol–water partition coefficient (Wildman–Crippen LogP) is 1.59. The Labute approximate surface area is 162 Å². The van der Waals surface area contributed by atoms with Gasteiger partial charge in [-0.1, -0.05) is 15.9 Å². The van der Waals surface area contributed by atoms with Crippen molar-refractivity contribution in [3.8, 4) is 0 Å². The number of amides is 3. The number of ether oxygens (including phenoxy) is 1. The third kappa shape index (κ3) is 3.47. The van der Waals surface area contributed by atoms with E-state index in [0.717, 1.165) is 4.90 Å². The van der Waals surface area contributed by atoms with Crippen LogP contribution in [0.25, 0.3) is 0 Å². The maximum Gasteiger partial charge on any atom is 0.343 e. The summed E-state index contributed by atoms with van der Waals surface area (Å²) in [4.78, 5) is 50.0. The van der Waals surface area contributed by atoms with Crippen LogP contribution in [0.5, 0.6) is 0 Å². The quantitative estimate of drug-likeness (QED) is 0.564. The topological polar surface area (TPSA) is 111 Å². The van der Waals surface area contributed by atoms with Crippen molar-refractivity contribution in [2.45, 2.75) is 6.92 Å². The molecule has 10 heteroatoms. The van der Waals surface area contributed by atoms with Crippen LogP contribution in [0.3, 0.4) is 0 Å². The summed E-state index contributed by atoms with van der Waals surface area (Å²) in [5, 5.41) is 6.43. The Kier molecular flexibility index (Phi) is 5.08. The fourth-order valence-corrected chi connectivity index (χ4v) is 3.03. The molecule has 1 N–H and O–H groups in total. The van der Waals surface area contributed by atoms with Gasteiger partial charge in [-0.2, -0.15) is 5.10 Å². The standard InChI is InChI=1S/C17H15BrN4O5/c1-3-27-17(26)12-7-19-21(2)14(12)20-13(23)8-22-15(24)10-5-4-9(18)6-11(10)16(22)25/h4-7H,3,8H2,1-2H3,(H,20,23). The lowest BCUT2D eigenvalue weighted by Gasteiger charge is -2.14. The van der Waals surface area contributed by atoms with Gasteiger partial charge in [0.25, 0.3) is 11.8 Å². The molecule has 0 bridgehead atoms. The number of hydrogen-bond acceptors (Lipinski definition) is 6. The molecule has 1 aliphatic heterocycles. The lowest BCUT2D eigenvalue weighted by atomic mass is 10.1. The first-order chi connectivity index (χ1) is 12.8. The van der Waals surface area contributed by atoms with E-state index in [-0.39, 0.29) is 29.1 Å². The third-order valence-corrected chi connectivity index (χ3v) is 4.42. The number of carbonyl (C=O) groups is 4. The second-order valence-electron chi connectivity index (χ2n) is 5.69. The van der Waals surface area contributed by atoms with Crippen molar-refractivity contribution < 1.29 is 23.9 Å². The molecule has 0 radical (unpaired) electrons. The third-order valence-electron chi connectivity index (χ3n) is 3.93. The highest BCUT2D eigenvalue weighted by molar-refractivity contribution is 9.10. The molecule has 0 saturated carbocycles. The highest BCUT2D eigenvalue weighted by Gasteiger charge is 2.37. The van der Waals surface area contributed by atoms with E-state index in [1.165, 1.54) is 30.1 Å². The smallest absolute Gasteiger partial charge is 0.343 e. The molecule has 0 aliphatic carbocycles. The number of benzene rings is 1. The van der Waals surface area contributed by atoms with Gasteiger partial charge >= 0.3 is 5.97 Å². The Morgan fingerprint density at radius 1 is 1.22 bits per heavy atom.